The lowest BCUT2D eigenvalue weighted by molar-refractivity contribution is -0.150. The van der Waals surface area contributed by atoms with E-state index in [2.05, 4.69) is 5.32 Å². The number of aliphatic carboxylic acids is 1. The summed E-state index contributed by atoms with van der Waals surface area (Å²) in [5.41, 5.74) is -0.799. The van der Waals surface area contributed by atoms with Gasteiger partial charge in [0.05, 0.1) is 11.7 Å². The molecule has 1 fully saturated rings. The number of hydrogen-bond acceptors (Lipinski definition) is 3. The fraction of sp³-hybridized carbons (Fsp3) is 0.467. The lowest BCUT2D eigenvalue weighted by Crippen LogP contribution is -2.44. The molecule has 5 heteroatoms. The normalized spacial score (nSPS) is 18.0. The molecule has 0 bridgehead atoms. The van der Waals surface area contributed by atoms with Crippen molar-refractivity contribution < 1.29 is 19.1 Å². The number of amides is 1. The van der Waals surface area contributed by atoms with Gasteiger partial charge in [0.2, 0.25) is 5.91 Å². The second kappa shape index (κ2) is 6.41. The molecule has 0 spiro atoms. The van der Waals surface area contributed by atoms with E-state index in [1.54, 1.807) is 18.2 Å². The van der Waals surface area contributed by atoms with Crippen LogP contribution in [0.2, 0.25) is 0 Å². The van der Waals surface area contributed by atoms with Gasteiger partial charge in [-0.15, -0.1) is 0 Å². The Balaban J connectivity index is 1.89. The largest absolute Gasteiger partial charge is 0.481 e. The molecule has 0 saturated heterocycles. The zero-order valence-corrected chi connectivity index (χ0v) is 11.3. The molecule has 0 aromatic carbocycles. The molecule has 1 aliphatic rings. The molecule has 1 amide bonds. The molecule has 5 nitrogen and oxygen atoms in total. The molecule has 1 aliphatic carbocycles. The van der Waals surface area contributed by atoms with Crippen molar-refractivity contribution in [1.29, 1.82) is 0 Å². The lowest BCUT2D eigenvalue weighted by atomic mass is 9.74. The van der Waals surface area contributed by atoms with Crippen molar-refractivity contribution in [1.82, 2.24) is 5.32 Å². The molecule has 108 valence electrons. The smallest absolute Gasteiger partial charge is 0.311 e. The standard InChI is InChI=1S/C15H19NO4/c17-13(7-6-12-5-4-10-20-12)16-11-15(14(18)19)8-2-1-3-9-15/h4-7,10H,1-3,8-9,11H2,(H,16,17)(H,18,19)/b7-6+. The van der Waals surface area contributed by atoms with Gasteiger partial charge in [0.15, 0.2) is 0 Å². The Kier molecular flexibility index (Phi) is 4.61. The highest BCUT2D eigenvalue weighted by atomic mass is 16.4. The average Bonchev–Trinajstić information content (AvgIpc) is 2.97. The number of carboxylic acids is 1. The van der Waals surface area contributed by atoms with E-state index in [0.29, 0.717) is 18.6 Å². The van der Waals surface area contributed by atoms with Crippen molar-refractivity contribution in [2.75, 3.05) is 6.54 Å². The molecular weight excluding hydrogens is 258 g/mol. The van der Waals surface area contributed by atoms with E-state index in [4.69, 9.17) is 4.42 Å². The Morgan fingerprint density at radius 2 is 2.10 bits per heavy atom. The highest BCUT2D eigenvalue weighted by Crippen LogP contribution is 2.35. The maximum absolute atomic E-state index is 11.7. The highest BCUT2D eigenvalue weighted by Gasteiger charge is 2.39. The molecule has 0 aliphatic heterocycles. The van der Waals surface area contributed by atoms with Gasteiger partial charge in [-0.1, -0.05) is 19.3 Å². The van der Waals surface area contributed by atoms with Gasteiger partial charge in [-0.3, -0.25) is 9.59 Å². The first-order chi connectivity index (χ1) is 9.62. The summed E-state index contributed by atoms with van der Waals surface area (Å²) in [5, 5.41) is 12.1. The number of nitrogens with one attached hydrogen (secondary N) is 1. The van der Waals surface area contributed by atoms with Crippen molar-refractivity contribution in [3.8, 4) is 0 Å². The van der Waals surface area contributed by atoms with Crippen LogP contribution in [-0.2, 0) is 9.59 Å². The summed E-state index contributed by atoms with van der Waals surface area (Å²) in [5.74, 6) is -0.522. The van der Waals surface area contributed by atoms with Crippen molar-refractivity contribution in [3.05, 3.63) is 30.2 Å². The molecule has 2 rings (SSSR count). The maximum atomic E-state index is 11.7. The van der Waals surface area contributed by atoms with Crippen LogP contribution >= 0.6 is 0 Å². The fourth-order valence-electron chi connectivity index (χ4n) is 2.55. The van der Waals surface area contributed by atoms with Crippen LogP contribution in [0.25, 0.3) is 6.08 Å². The molecule has 0 unspecified atom stereocenters. The monoisotopic (exact) mass is 277 g/mol. The second-order valence-electron chi connectivity index (χ2n) is 5.21. The summed E-state index contributed by atoms with van der Waals surface area (Å²) in [6.07, 6.45) is 8.59. The predicted octanol–water partition coefficient (Wildman–Crippen LogP) is 2.44. The maximum Gasteiger partial charge on any atom is 0.311 e. The van der Waals surface area contributed by atoms with Crippen LogP contribution < -0.4 is 5.32 Å². The second-order valence-corrected chi connectivity index (χ2v) is 5.21. The predicted molar refractivity (Wildman–Crippen MR) is 73.9 cm³/mol. The Bertz CT molecular complexity index is 484. The van der Waals surface area contributed by atoms with Crippen molar-refractivity contribution >= 4 is 18.0 Å². The third-order valence-corrected chi connectivity index (χ3v) is 3.81. The quantitative estimate of drug-likeness (QED) is 0.810. The summed E-state index contributed by atoms with van der Waals surface area (Å²) in [7, 11) is 0. The minimum absolute atomic E-state index is 0.184. The summed E-state index contributed by atoms with van der Waals surface area (Å²) >= 11 is 0. The number of carbonyl (C=O) groups is 2. The lowest BCUT2D eigenvalue weighted by Gasteiger charge is -2.33. The zero-order chi connectivity index (χ0) is 14.4. The third-order valence-electron chi connectivity index (χ3n) is 3.81. The van der Waals surface area contributed by atoms with Gasteiger partial charge >= 0.3 is 5.97 Å². The molecule has 1 aromatic rings. The zero-order valence-electron chi connectivity index (χ0n) is 11.3. The molecule has 1 aromatic heterocycles. The van der Waals surface area contributed by atoms with Crippen LogP contribution in [0.5, 0.6) is 0 Å². The molecule has 1 saturated carbocycles. The molecule has 0 radical (unpaired) electrons. The summed E-state index contributed by atoms with van der Waals surface area (Å²) in [6.45, 7) is 0.184. The molecule has 2 N–H and O–H groups in total. The Morgan fingerprint density at radius 3 is 2.70 bits per heavy atom. The van der Waals surface area contributed by atoms with Gasteiger partial charge in [0, 0.05) is 12.6 Å². The van der Waals surface area contributed by atoms with Gasteiger partial charge in [0.1, 0.15) is 5.76 Å². The van der Waals surface area contributed by atoms with E-state index in [9.17, 15) is 14.7 Å². The average molecular weight is 277 g/mol. The molecular formula is C15H19NO4. The fourth-order valence-corrected chi connectivity index (χ4v) is 2.55. The first-order valence-corrected chi connectivity index (χ1v) is 6.85. The highest BCUT2D eigenvalue weighted by molar-refractivity contribution is 5.91. The minimum atomic E-state index is -0.812. The Hall–Kier alpha value is -2.04. The molecule has 1 heterocycles. The summed E-state index contributed by atoms with van der Waals surface area (Å²) in [6, 6.07) is 3.47. The Labute approximate surface area is 117 Å². The van der Waals surface area contributed by atoms with Crippen LogP contribution in [0.3, 0.4) is 0 Å². The van der Waals surface area contributed by atoms with E-state index >= 15 is 0 Å². The SMILES string of the molecule is O=C(/C=C/c1ccco1)NCC1(C(=O)O)CCCCC1. The number of carboxylic acid groups (broad SMARTS) is 1. The number of furan rings is 1. The number of carbonyl (C=O) groups excluding carboxylic acids is 1. The van der Waals surface area contributed by atoms with Crippen LogP contribution in [0.15, 0.2) is 28.9 Å². The van der Waals surface area contributed by atoms with Crippen molar-refractivity contribution in [3.63, 3.8) is 0 Å². The first-order valence-electron chi connectivity index (χ1n) is 6.85. The third kappa shape index (κ3) is 3.50. The van der Waals surface area contributed by atoms with Crippen LogP contribution in [-0.4, -0.2) is 23.5 Å². The van der Waals surface area contributed by atoms with Gasteiger partial charge in [-0.05, 0) is 31.1 Å². The topological polar surface area (TPSA) is 79.5 Å². The van der Waals surface area contributed by atoms with Crippen molar-refractivity contribution in [2.45, 2.75) is 32.1 Å². The van der Waals surface area contributed by atoms with Crippen LogP contribution in [0.4, 0.5) is 0 Å². The molecule has 0 atom stereocenters. The van der Waals surface area contributed by atoms with Crippen LogP contribution in [0.1, 0.15) is 37.9 Å². The summed E-state index contributed by atoms with van der Waals surface area (Å²) < 4.78 is 5.08. The number of hydrogen-bond donors (Lipinski definition) is 2. The van der Waals surface area contributed by atoms with Gasteiger partial charge in [-0.25, -0.2) is 0 Å². The number of rotatable bonds is 5. The van der Waals surface area contributed by atoms with Gasteiger partial charge < -0.3 is 14.8 Å². The molecule has 20 heavy (non-hydrogen) atoms. The van der Waals surface area contributed by atoms with Gasteiger partial charge in [0.25, 0.3) is 0 Å². The Morgan fingerprint density at radius 1 is 1.35 bits per heavy atom. The minimum Gasteiger partial charge on any atom is -0.481 e. The van der Waals surface area contributed by atoms with E-state index in [1.165, 1.54) is 12.3 Å². The van der Waals surface area contributed by atoms with Gasteiger partial charge in [-0.2, -0.15) is 0 Å². The van der Waals surface area contributed by atoms with E-state index in [0.717, 1.165) is 19.3 Å². The van der Waals surface area contributed by atoms with E-state index in [-0.39, 0.29) is 12.5 Å². The van der Waals surface area contributed by atoms with Crippen molar-refractivity contribution in [2.24, 2.45) is 5.41 Å². The van der Waals surface area contributed by atoms with E-state index < -0.39 is 11.4 Å². The van der Waals surface area contributed by atoms with Crippen LogP contribution in [0, 0.1) is 5.41 Å². The van der Waals surface area contributed by atoms with E-state index in [1.807, 2.05) is 0 Å². The first kappa shape index (κ1) is 14.4. The summed E-state index contributed by atoms with van der Waals surface area (Å²) in [4.78, 5) is 23.2.